The fraction of sp³-hybridized carbons (Fsp3) is 0.692. The lowest BCUT2D eigenvalue weighted by atomic mass is 9.95. The third-order valence-electron chi connectivity index (χ3n) is 3.67. The normalized spacial score (nSPS) is 22.2. The Balaban J connectivity index is 1.90. The van der Waals surface area contributed by atoms with Gasteiger partial charge in [-0.3, -0.25) is 9.59 Å². The highest BCUT2D eigenvalue weighted by molar-refractivity contribution is 14.1. The Morgan fingerprint density at radius 2 is 1.94 bits per heavy atom. The second-order valence-electron chi connectivity index (χ2n) is 4.85. The van der Waals surface area contributed by atoms with E-state index in [9.17, 15) is 9.59 Å². The van der Waals surface area contributed by atoms with Crippen LogP contribution in [0.3, 0.4) is 0 Å². The van der Waals surface area contributed by atoms with Gasteiger partial charge in [0.1, 0.15) is 0 Å². The molecule has 0 unspecified atom stereocenters. The van der Waals surface area contributed by atoms with Gasteiger partial charge in [0.25, 0.3) is 0 Å². The van der Waals surface area contributed by atoms with Gasteiger partial charge in [-0.25, -0.2) is 0 Å². The molecule has 0 spiro atoms. The largest absolute Gasteiger partial charge is 0.339 e. The number of piperidine rings is 1. The minimum atomic E-state index is 0.167. The summed E-state index contributed by atoms with van der Waals surface area (Å²) in [7, 11) is 0. The zero-order valence-electron chi connectivity index (χ0n) is 9.95. The monoisotopic (exact) mass is 347 g/mol. The van der Waals surface area contributed by atoms with E-state index in [0.717, 1.165) is 50.8 Å². The molecule has 1 heterocycles. The van der Waals surface area contributed by atoms with Crippen LogP contribution in [0, 0.1) is 5.92 Å². The molecule has 1 aliphatic heterocycles. The van der Waals surface area contributed by atoms with Crippen LogP contribution in [-0.4, -0.2) is 27.7 Å². The number of hydrogen-bond donors (Lipinski definition) is 0. The van der Waals surface area contributed by atoms with Gasteiger partial charge in [0, 0.05) is 24.6 Å². The van der Waals surface area contributed by atoms with E-state index in [1.807, 2.05) is 27.5 Å². The van der Waals surface area contributed by atoms with Crippen LogP contribution in [-0.2, 0) is 9.59 Å². The van der Waals surface area contributed by atoms with Gasteiger partial charge in [-0.15, -0.1) is 0 Å². The van der Waals surface area contributed by atoms with E-state index in [-0.39, 0.29) is 15.6 Å². The Bertz CT molecular complexity index is 343. The summed E-state index contributed by atoms with van der Waals surface area (Å²) < 4.78 is 0.242. The molecule has 0 N–H and O–H groups in total. The van der Waals surface area contributed by atoms with Crippen molar-refractivity contribution in [1.82, 2.24) is 4.90 Å². The molecule has 0 radical (unpaired) electrons. The van der Waals surface area contributed by atoms with Crippen molar-refractivity contribution < 1.29 is 9.59 Å². The van der Waals surface area contributed by atoms with Crippen molar-refractivity contribution in [2.45, 2.75) is 38.5 Å². The van der Waals surface area contributed by atoms with Crippen molar-refractivity contribution >= 4 is 32.3 Å². The topological polar surface area (TPSA) is 37.4 Å². The summed E-state index contributed by atoms with van der Waals surface area (Å²) in [6, 6.07) is 0. The molecule has 17 heavy (non-hydrogen) atoms. The summed E-state index contributed by atoms with van der Waals surface area (Å²) in [6.07, 6.45) is 8.10. The van der Waals surface area contributed by atoms with E-state index in [4.69, 9.17) is 0 Å². The molecular formula is C13H18INO2. The molecule has 0 aromatic carbocycles. The van der Waals surface area contributed by atoms with Gasteiger partial charge >= 0.3 is 0 Å². The van der Waals surface area contributed by atoms with Crippen molar-refractivity contribution in [1.29, 1.82) is 0 Å². The van der Waals surface area contributed by atoms with Crippen LogP contribution in [0.4, 0.5) is 0 Å². The van der Waals surface area contributed by atoms with Crippen LogP contribution >= 0.6 is 22.6 Å². The lowest BCUT2D eigenvalue weighted by Gasteiger charge is -2.31. The Kier molecular flexibility index (Phi) is 4.59. The smallest absolute Gasteiger partial charge is 0.249 e. The van der Waals surface area contributed by atoms with Crippen LogP contribution in [0.2, 0.25) is 0 Å². The van der Waals surface area contributed by atoms with Crippen molar-refractivity contribution in [3.8, 4) is 0 Å². The third-order valence-corrected chi connectivity index (χ3v) is 4.55. The van der Waals surface area contributed by atoms with Crippen LogP contribution in [0.1, 0.15) is 38.5 Å². The molecule has 1 fully saturated rings. The number of nitrogens with zero attached hydrogens (tertiary/aromatic N) is 1. The molecule has 1 saturated heterocycles. The first kappa shape index (κ1) is 13.1. The lowest BCUT2D eigenvalue weighted by Crippen LogP contribution is -2.40. The number of likely N-dealkylation sites (tertiary alicyclic amines) is 1. The highest BCUT2D eigenvalue weighted by Crippen LogP contribution is 2.24. The Labute approximate surface area is 116 Å². The molecular weight excluding hydrogens is 329 g/mol. The average Bonchev–Trinajstić information content (AvgIpc) is 2.39. The SMILES string of the molecule is O=C(I)C1CCN(C(=O)C2=CCCCC2)CC1. The van der Waals surface area contributed by atoms with Crippen molar-refractivity contribution in [2.75, 3.05) is 13.1 Å². The third kappa shape index (κ3) is 3.30. The number of amides is 1. The van der Waals surface area contributed by atoms with Gasteiger partial charge in [0.05, 0.1) is 0 Å². The van der Waals surface area contributed by atoms with Gasteiger partial charge in [-0.2, -0.15) is 0 Å². The maximum atomic E-state index is 12.2. The number of halogens is 1. The molecule has 2 aliphatic rings. The first-order valence-corrected chi connectivity index (χ1v) is 7.44. The maximum Gasteiger partial charge on any atom is 0.249 e. The van der Waals surface area contributed by atoms with Crippen LogP contribution in [0.15, 0.2) is 11.6 Å². The summed E-state index contributed by atoms with van der Waals surface area (Å²) in [4.78, 5) is 25.4. The van der Waals surface area contributed by atoms with Crippen LogP contribution < -0.4 is 0 Å². The van der Waals surface area contributed by atoms with E-state index < -0.39 is 0 Å². The molecule has 3 nitrogen and oxygen atoms in total. The minimum Gasteiger partial charge on any atom is -0.339 e. The molecule has 1 amide bonds. The van der Waals surface area contributed by atoms with Crippen molar-refractivity contribution in [3.63, 3.8) is 0 Å². The fourth-order valence-electron chi connectivity index (χ4n) is 2.55. The zero-order valence-corrected chi connectivity index (χ0v) is 12.1. The molecule has 1 aliphatic carbocycles. The highest BCUT2D eigenvalue weighted by Gasteiger charge is 2.27. The molecule has 0 saturated carbocycles. The van der Waals surface area contributed by atoms with Gasteiger partial charge in [0.15, 0.2) is 3.79 Å². The van der Waals surface area contributed by atoms with Crippen LogP contribution in [0.25, 0.3) is 0 Å². The van der Waals surface area contributed by atoms with E-state index in [1.54, 1.807) is 0 Å². The Morgan fingerprint density at radius 3 is 2.47 bits per heavy atom. The molecule has 94 valence electrons. The molecule has 0 aromatic heterocycles. The van der Waals surface area contributed by atoms with E-state index in [2.05, 4.69) is 6.08 Å². The molecule has 4 heteroatoms. The number of carbonyl (C=O) groups is 2. The fourth-order valence-corrected chi connectivity index (χ4v) is 3.17. The zero-order chi connectivity index (χ0) is 12.3. The van der Waals surface area contributed by atoms with Gasteiger partial charge < -0.3 is 4.90 Å². The highest BCUT2D eigenvalue weighted by atomic mass is 127. The Hall–Kier alpha value is -0.390. The summed E-state index contributed by atoms with van der Waals surface area (Å²) in [5, 5.41) is 0. The first-order valence-electron chi connectivity index (χ1n) is 6.36. The van der Waals surface area contributed by atoms with Gasteiger partial charge in [-0.1, -0.05) is 6.08 Å². The maximum absolute atomic E-state index is 12.2. The van der Waals surface area contributed by atoms with Crippen LogP contribution in [0.5, 0.6) is 0 Å². The summed E-state index contributed by atoms with van der Waals surface area (Å²) in [5.74, 6) is 0.379. The van der Waals surface area contributed by atoms with Gasteiger partial charge in [0.2, 0.25) is 5.91 Å². The molecule has 0 atom stereocenters. The Morgan fingerprint density at radius 1 is 1.24 bits per heavy atom. The van der Waals surface area contributed by atoms with E-state index in [0.29, 0.717) is 0 Å². The summed E-state index contributed by atoms with van der Waals surface area (Å²) in [6.45, 7) is 1.49. The summed E-state index contributed by atoms with van der Waals surface area (Å²) in [5.41, 5.74) is 0.996. The number of hydrogen-bond acceptors (Lipinski definition) is 2. The standard InChI is InChI=1S/C13H18INO2/c14-12(16)10-6-8-15(9-7-10)13(17)11-4-2-1-3-5-11/h4,10H,1-3,5-9H2. The lowest BCUT2D eigenvalue weighted by molar-refractivity contribution is -0.130. The molecule has 0 aromatic rings. The van der Waals surface area contributed by atoms with Crippen molar-refractivity contribution in [3.05, 3.63) is 11.6 Å². The summed E-state index contributed by atoms with van der Waals surface area (Å²) >= 11 is 1.88. The number of rotatable bonds is 2. The first-order chi connectivity index (χ1) is 8.18. The predicted molar refractivity (Wildman–Crippen MR) is 74.9 cm³/mol. The quantitative estimate of drug-likeness (QED) is 0.569. The number of carbonyl (C=O) groups excluding carboxylic acids is 2. The predicted octanol–water partition coefficient (Wildman–Crippen LogP) is 2.69. The van der Waals surface area contributed by atoms with Crippen molar-refractivity contribution in [2.24, 2.45) is 5.92 Å². The van der Waals surface area contributed by atoms with E-state index in [1.165, 1.54) is 6.42 Å². The molecule has 0 bridgehead atoms. The number of allylic oxidation sites excluding steroid dienone is 1. The molecule has 2 rings (SSSR count). The average molecular weight is 347 g/mol. The van der Waals surface area contributed by atoms with E-state index >= 15 is 0 Å². The second kappa shape index (κ2) is 5.98. The second-order valence-corrected chi connectivity index (χ2v) is 5.91. The minimum absolute atomic E-state index is 0.167. The van der Waals surface area contributed by atoms with Gasteiger partial charge in [-0.05, 0) is 61.1 Å².